The van der Waals surface area contributed by atoms with Crippen LogP contribution in [0.3, 0.4) is 0 Å². The van der Waals surface area contributed by atoms with Crippen LogP contribution in [0.2, 0.25) is 0 Å². The summed E-state index contributed by atoms with van der Waals surface area (Å²) < 4.78 is 0. The van der Waals surface area contributed by atoms with Gasteiger partial charge >= 0.3 is 0 Å². The van der Waals surface area contributed by atoms with Gasteiger partial charge in [0.25, 0.3) is 0 Å². The molecule has 1 aliphatic rings. The van der Waals surface area contributed by atoms with E-state index in [0.717, 1.165) is 17.3 Å². The third-order valence-electron chi connectivity index (χ3n) is 2.83. The Kier molecular flexibility index (Phi) is 4.61. The first-order valence-electron chi connectivity index (χ1n) is 5.39. The molecule has 1 aromatic heterocycles. The van der Waals surface area contributed by atoms with Gasteiger partial charge < -0.3 is 5.32 Å². The molecule has 0 spiro atoms. The fourth-order valence-corrected chi connectivity index (χ4v) is 2.26. The SMILES string of the molecule is Cc1cc(CC2CCNC2)cc(C)n1.S. The Balaban J connectivity index is 0.00000112. The van der Waals surface area contributed by atoms with Crippen molar-refractivity contribution in [3.05, 3.63) is 29.1 Å². The molecule has 0 aromatic carbocycles. The highest BCUT2D eigenvalue weighted by atomic mass is 32.1. The lowest BCUT2D eigenvalue weighted by Crippen LogP contribution is -2.11. The van der Waals surface area contributed by atoms with Crippen molar-refractivity contribution in [2.75, 3.05) is 13.1 Å². The summed E-state index contributed by atoms with van der Waals surface area (Å²) in [5, 5.41) is 3.41. The minimum absolute atomic E-state index is 0. The molecule has 2 nitrogen and oxygen atoms in total. The van der Waals surface area contributed by atoms with E-state index >= 15 is 0 Å². The largest absolute Gasteiger partial charge is 0.316 e. The van der Waals surface area contributed by atoms with E-state index in [2.05, 4.69) is 36.3 Å². The highest BCUT2D eigenvalue weighted by molar-refractivity contribution is 7.59. The number of rotatable bonds is 2. The molecule has 0 saturated carbocycles. The zero-order chi connectivity index (χ0) is 9.97. The molecule has 84 valence electrons. The fraction of sp³-hybridized carbons (Fsp3) is 0.583. The molecule has 1 atom stereocenters. The maximum absolute atomic E-state index is 4.39. The van der Waals surface area contributed by atoms with Crippen LogP contribution in [0.1, 0.15) is 23.4 Å². The van der Waals surface area contributed by atoms with Gasteiger partial charge in [-0.1, -0.05) is 0 Å². The van der Waals surface area contributed by atoms with Crippen LogP contribution < -0.4 is 5.32 Å². The Bertz CT molecular complexity index is 299. The van der Waals surface area contributed by atoms with E-state index in [1.165, 1.54) is 31.5 Å². The van der Waals surface area contributed by atoms with E-state index in [0.29, 0.717) is 0 Å². The smallest absolute Gasteiger partial charge is 0.0378 e. The van der Waals surface area contributed by atoms with Crippen molar-refractivity contribution in [3.63, 3.8) is 0 Å². The van der Waals surface area contributed by atoms with Crippen LogP contribution in [0.15, 0.2) is 12.1 Å². The second-order valence-corrected chi connectivity index (χ2v) is 4.32. The fourth-order valence-electron chi connectivity index (χ4n) is 2.26. The molecule has 2 heterocycles. The second kappa shape index (κ2) is 5.52. The van der Waals surface area contributed by atoms with Crippen molar-refractivity contribution in [3.8, 4) is 0 Å². The second-order valence-electron chi connectivity index (χ2n) is 4.32. The first-order valence-corrected chi connectivity index (χ1v) is 5.39. The molecular formula is C12H20N2S. The Morgan fingerprint density at radius 3 is 2.53 bits per heavy atom. The van der Waals surface area contributed by atoms with Crippen LogP contribution in [-0.2, 0) is 6.42 Å². The number of pyridine rings is 1. The zero-order valence-electron chi connectivity index (χ0n) is 9.51. The minimum atomic E-state index is 0. The average Bonchev–Trinajstić information content (AvgIpc) is 2.54. The van der Waals surface area contributed by atoms with E-state index < -0.39 is 0 Å². The van der Waals surface area contributed by atoms with Gasteiger partial charge in [-0.05, 0) is 63.4 Å². The summed E-state index contributed by atoms with van der Waals surface area (Å²) in [6.45, 7) is 6.51. The monoisotopic (exact) mass is 224 g/mol. The van der Waals surface area contributed by atoms with Gasteiger partial charge in [0, 0.05) is 11.4 Å². The van der Waals surface area contributed by atoms with E-state index in [1.807, 2.05) is 0 Å². The van der Waals surface area contributed by atoms with E-state index in [9.17, 15) is 0 Å². The van der Waals surface area contributed by atoms with Gasteiger partial charge in [-0.15, -0.1) is 0 Å². The number of hydrogen-bond acceptors (Lipinski definition) is 2. The van der Waals surface area contributed by atoms with Crippen molar-refractivity contribution in [1.82, 2.24) is 10.3 Å². The summed E-state index contributed by atoms with van der Waals surface area (Å²) in [5.74, 6) is 0.830. The summed E-state index contributed by atoms with van der Waals surface area (Å²) in [5.41, 5.74) is 3.74. The number of aryl methyl sites for hydroxylation is 2. The van der Waals surface area contributed by atoms with Crippen LogP contribution >= 0.6 is 13.5 Å². The van der Waals surface area contributed by atoms with Crippen LogP contribution in [0.4, 0.5) is 0 Å². The van der Waals surface area contributed by atoms with Crippen molar-refractivity contribution < 1.29 is 0 Å². The molecule has 0 radical (unpaired) electrons. The van der Waals surface area contributed by atoms with Gasteiger partial charge in [0.1, 0.15) is 0 Å². The zero-order valence-corrected chi connectivity index (χ0v) is 10.5. The molecule has 1 aromatic rings. The van der Waals surface area contributed by atoms with Crippen molar-refractivity contribution >= 4 is 13.5 Å². The van der Waals surface area contributed by atoms with Gasteiger partial charge in [0.2, 0.25) is 0 Å². The average molecular weight is 224 g/mol. The molecule has 1 unspecified atom stereocenters. The number of nitrogens with zero attached hydrogens (tertiary/aromatic N) is 1. The molecule has 3 heteroatoms. The van der Waals surface area contributed by atoms with Crippen molar-refractivity contribution in [1.29, 1.82) is 0 Å². The molecular weight excluding hydrogens is 204 g/mol. The van der Waals surface area contributed by atoms with Crippen LogP contribution in [0, 0.1) is 19.8 Å². The van der Waals surface area contributed by atoms with Crippen LogP contribution in [0.5, 0.6) is 0 Å². The normalized spacial score (nSPS) is 20.0. The Morgan fingerprint density at radius 1 is 1.33 bits per heavy atom. The van der Waals surface area contributed by atoms with Gasteiger partial charge in [-0.2, -0.15) is 13.5 Å². The quantitative estimate of drug-likeness (QED) is 0.830. The molecule has 1 fully saturated rings. The van der Waals surface area contributed by atoms with E-state index in [-0.39, 0.29) is 13.5 Å². The summed E-state index contributed by atoms with van der Waals surface area (Å²) in [4.78, 5) is 4.39. The van der Waals surface area contributed by atoms with Crippen molar-refractivity contribution in [2.45, 2.75) is 26.7 Å². The topological polar surface area (TPSA) is 24.9 Å². The highest BCUT2D eigenvalue weighted by Gasteiger charge is 2.14. The predicted molar refractivity (Wildman–Crippen MR) is 68.8 cm³/mol. The standard InChI is InChI=1S/C12H18N2.H2S/c1-9-5-12(6-10(2)14-9)7-11-3-4-13-8-11;/h5-6,11,13H,3-4,7-8H2,1-2H3;1H2. The summed E-state index contributed by atoms with van der Waals surface area (Å²) >= 11 is 0. The number of nitrogens with one attached hydrogen (secondary N) is 1. The Hall–Kier alpha value is -0.540. The minimum Gasteiger partial charge on any atom is -0.316 e. The lowest BCUT2D eigenvalue weighted by Gasteiger charge is -2.09. The first-order chi connectivity index (χ1) is 6.74. The predicted octanol–water partition coefficient (Wildman–Crippen LogP) is 1.96. The molecule has 0 aliphatic carbocycles. The molecule has 0 bridgehead atoms. The Morgan fingerprint density at radius 2 is 2.00 bits per heavy atom. The molecule has 1 aliphatic heterocycles. The van der Waals surface area contributed by atoms with E-state index in [1.54, 1.807) is 0 Å². The first kappa shape index (κ1) is 12.5. The molecule has 15 heavy (non-hydrogen) atoms. The maximum Gasteiger partial charge on any atom is 0.0378 e. The van der Waals surface area contributed by atoms with Gasteiger partial charge in [0.15, 0.2) is 0 Å². The van der Waals surface area contributed by atoms with E-state index in [4.69, 9.17) is 0 Å². The van der Waals surface area contributed by atoms with Gasteiger partial charge in [-0.3, -0.25) is 4.98 Å². The van der Waals surface area contributed by atoms with Crippen LogP contribution in [-0.4, -0.2) is 18.1 Å². The summed E-state index contributed by atoms with van der Waals surface area (Å²) in [6, 6.07) is 4.43. The molecule has 1 saturated heterocycles. The summed E-state index contributed by atoms with van der Waals surface area (Å²) in [7, 11) is 0. The summed E-state index contributed by atoms with van der Waals surface area (Å²) in [6.07, 6.45) is 2.53. The highest BCUT2D eigenvalue weighted by Crippen LogP contribution is 2.16. The maximum atomic E-state index is 4.39. The third-order valence-corrected chi connectivity index (χ3v) is 2.83. The van der Waals surface area contributed by atoms with Crippen LogP contribution in [0.25, 0.3) is 0 Å². The Labute approximate surface area is 98.9 Å². The number of aromatic nitrogens is 1. The van der Waals surface area contributed by atoms with Gasteiger partial charge in [0.05, 0.1) is 0 Å². The third kappa shape index (κ3) is 3.50. The lowest BCUT2D eigenvalue weighted by atomic mass is 9.98. The van der Waals surface area contributed by atoms with Gasteiger partial charge in [-0.25, -0.2) is 0 Å². The molecule has 2 rings (SSSR count). The molecule has 0 amide bonds. The van der Waals surface area contributed by atoms with Crippen molar-refractivity contribution in [2.24, 2.45) is 5.92 Å². The molecule has 1 N–H and O–H groups in total. The lowest BCUT2D eigenvalue weighted by molar-refractivity contribution is 0.579. The number of hydrogen-bond donors (Lipinski definition) is 1.